The molecular weight excluding hydrogens is 559 g/mol. The summed E-state index contributed by atoms with van der Waals surface area (Å²) in [6, 6.07) is 7.63. The molecule has 7 nitrogen and oxygen atoms in total. The van der Waals surface area contributed by atoms with Crippen LogP contribution < -0.4 is 10.2 Å². The average Bonchev–Trinajstić information content (AvgIpc) is 2.87. The highest BCUT2D eigenvalue weighted by Crippen LogP contribution is 2.36. The lowest BCUT2D eigenvalue weighted by molar-refractivity contribution is -0.143. The minimum Gasteiger partial charge on any atom is -0.661 e. The van der Waals surface area contributed by atoms with Gasteiger partial charge in [0.1, 0.15) is 11.4 Å². The van der Waals surface area contributed by atoms with Crippen molar-refractivity contribution in [2.75, 3.05) is 25.0 Å². The number of carboxylic acids is 1. The van der Waals surface area contributed by atoms with Gasteiger partial charge < -0.3 is 20.6 Å². The molecule has 0 aliphatic carbocycles. The number of nitrogens with one attached hydrogen (secondary N) is 1. The highest BCUT2D eigenvalue weighted by molar-refractivity contribution is 5.94. The van der Waals surface area contributed by atoms with Gasteiger partial charge in [0.25, 0.3) is 0 Å². The van der Waals surface area contributed by atoms with E-state index in [1.165, 1.54) is 37.5 Å². The lowest BCUT2D eigenvalue weighted by Crippen LogP contribution is -2.54. The third-order valence-corrected chi connectivity index (χ3v) is 5.95. The molecule has 2 atom stereocenters. The summed E-state index contributed by atoms with van der Waals surface area (Å²) in [5, 5.41) is 16.3. The summed E-state index contributed by atoms with van der Waals surface area (Å²) in [4.78, 5) is 22.2. The summed E-state index contributed by atoms with van der Waals surface area (Å²) in [5.74, 6) is -1.00. The average molecular weight is 587 g/mol. The minimum absolute atomic E-state index is 0.00147. The van der Waals surface area contributed by atoms with Crippen LogP contribution in [0.25, 0.3) is 16.6 Å². The molecule has 0 spiro atoms. The predicted molar refractivity (Wildman–Crippen MR) is 138 cm³/mol. The van der Waals surface area contributed by atoms with Crippen LogP contribution in [0.1, 0.15) is 40.9 Å². The van der Waals surface area contributed by atoms with Crippen LogP contribution in [0.15, 0.2) is 48.7 Å². The van der Waals surface area contributed by atoms with Gasteiger partial charge in [0.05, 0.1) is 16.8 Å². The number of hydrogen-bond donors (Lipinski definition) is 2. The number of anilines is 1. The molecule has 2 aromatic carbocycles. The fourth-order valence-corrected chi connectivity index (χ4v) is 4.29. The van der Waals surface area contributed by atoms with Crippen molar-refractivity contribution < 1.29 is 40.6 Å². The van der Waals surface area contributed by atoms with E-state index in [0.717, 1.165) is 13.1 Å². The number of aromatic nitrogens is 2. The molecule has 1 aromatic heterocycles. The van der Waals surface area contributed by atoms with Crippen LogP contribution in [0, 0.1) is 5.82 Å². The molecule has 4 rings (SSSR count). The number of aromatic carboxylic acids is 1. The van der Waals surface area contributed by atoms with Crippen molar-refractivity contribution in [3.63, 3.8) is 0 Å². The monoisotopic (exact) mass is 586 g/mol. The first-order valence-electron chi connectivity index (χ1n) is 12.3. The van der Waals surface area contributed by atoms with E-state index in [1.807, 2.05) is 4.90 Å². The fourth-order valence-electron chi connectivity index (χ4n) is 4.29. The van der Waals surface area contributed by atoms with Gasteiger partial charge >= 0.3 is 18.3 Å². The van der Waals surface area contributed by atoms with Gasteiger partial charge in [-0.3, -0.25) is 0 Å². The van der Waals surface area contributed by atoms with Gasteiger partial charge in [0.2, 0.25) is 5.95 Å². The van der Waals surface area contributed by atoms with Crippen LogP contribution in [0.2, 0.25) is 0 Å². The Balaban J connectivity index is 0.000000241. The first-order chi connectivity index (χ1) is 19.1. The van der Waals surface area contributed by atoms with Gasteiger partial charge in [-0.05, 0) is 56.3 Å². The van der Waals surface area contributed by atoms with Crippen LogP contribution >= 0.6 is 0 Å². The number of hydrogen-bond acceptors (Lipinski definition) is 5. The number of rotatable bonds is 5. The topological polar surface area (TPSA) is 92.5 Å². The maximum absolute atomic E-state index is 13.2. The van der Waals surface area contributed by atoms with Crippen molar-refractivity contribution in [3.05, 3.63) is 82.0 Å². The number of nitrogens with zero attached hydrogens (tertiary/aromatic N) is 4. The summed E-state index contributed by atoms with van der Waals surface area (Å²) in [6.07, 6.45) is -8.28. The van der Waals surface area contributed by atoms with E-state index in [0.29, 0.717) is 29.3 Å². The first kappa shape index (κ1) is 31.7. The van der Waals surface area contributed by atoms with E-state index in [1.54, 1.807) is 0 Å². The Kier molecular flexibility index (Phi) is 9.92. The van der Waals surface area contributed by atoms with Crippen molar-refractivity contribution in [1.29, 1.82) is 0 Å². The molecular formula is C27H27F7N5O2-. The quantitative estimate of drug-likeness (QED) is 0.337. The number of piperazine rings is 1. The summed E-state index contributed by atoms with van der Waals surface area (Å²) in [5.41, 5.74) is -1.90. The van der Waals surface area contributed by atoms with Gasteiger partial charge in [-0.1, -0.05) is 5.56 Å². The number of halogens is 7. The van der Waals surface area contributed by atoms with Crippen molar-refractivity contribution in [2.24, 2.45) is 0 Å². The molecule has 2 heterocycles. The van der Waals surface area contributed by atoms with Crippen LogP contribution in [-0.2, 0) is 18.9 Å². The second kappa shape index (κ2) is 12.8. The van der Waals surface area contributed by atoms with E-state index in [4.69, 9.17) is 0 Å². The maximum Gasteiger partial charge on any atom is 0.416 e. The van der Waals surface area contributed by atoms with Gasteiger partial charge in [-0.15, -0.1) is 6.54 Å². The van der Waals surface area contributed by atoms with Crippen molar-refractivity contribution in [2.45, 2.75) is 44.8 Å². The van der Waals surface area contributed by atoms with E-state index >= 15 is 0 Å². The molecule has 2 N–H and O–H groups in total. The van der Waals surface area contributed by atoms with E-state index in [-0.39, 0.29) is 41.6 Å². The molecule has 41 heavy (non-hydrogen) atoms. The SMILES string of the molecule is C[C@@H]1CN(c2ncc(C(=O)O)c(-c3ccc(F)cc3)n2)C[C@H](C)N1.C[N-]Cc1cc(C(F)(F)F)cc(C(F)(F)F)c1. The summed E-state index contributed by atoms with van der Waals surface area (Å²) < 4.78 is 87.4. The standard InChI is InChI=1S/C17H19FN4O2.C10H8F6N/c1-10-8-22(9-11(2)20-10)17-19-7-14(16(23)24)15(21-17)12-3-5-13(18)6-4-12;1-17-5-6-2-7(9(11,12)13)4-8(3-6)10(14,15)16/h3-7,10-11,20H,8-9H2,1-2H3,(H,23,24);2-4H,5H2,1H3/q;-1/t10-,11+;. The Hall–Kier alpha value is -3.78. The maximum atomic E-state index is 13.2. The van der Waals surface area contributed by atoms with E-state index in [2.05, 4.69) is 34.4 Å². The second-order valence-corrected chi connectivity index (χ2v) is 9.51. The molecule has 0 unspecified atom stereocenters. The predicted octanol–water partition coefficient (Wildman–Crippen LogP) is 6.40. The van der Waals surface area contributed by atoms with Crippen LogP contribution in [0.4, 0.5) is 36.7 Å². The molecule has 1 saturated heterocycles. The van der Waals surface area contributed by atoms with Crippen molar-refractivity contribution in [3.8, 4) is 11.3 Å². The van der Waals surface area contributed by atoms with E-state index in [9.17, 15) is 40.6 Å². The minimum atomic E-state index is -4.80. The Morgan fingerprint density at radius 1 is 1.00 bits per heavy atom. The van der Waals surface area contributed by atoms with E-state index < -0.39 is 29.4 Å². The van der Waals surface area contributed by atoms with Crippen LogP contribution in [0.5, 0.6) is 0 Å². The molecule has 3 aromatic rings. The van der Waals surface area contributed by atoms with Crippen molar-refractivity contribution >= 4 is 11.9 Å². The lowest BCUT2D eigenvalue weighted by atomic mass is 10.0. The third kappa shape index (κ3) is 8.60. The molecule has 14 heteroatoms. The lowest BCUT2D eigenvalue weighted by Gasteiger charge is -2.36. The number of carboxylic acid groups (broad SMARTS) is 1. The molecule has 1 aliphatic heterocycles. The molecule has 0 radical (unpaired) electrons. The van der Waals surface area contributed by atoms with Crippen molar-refractivity contribution in [1.82, 2.24) is 15.3 Å². The van der Waals surface area contributed by atoms with Crippen LogP contribution in [-0.4, -0.2) is 53.3 Å². The van der Waals surface area contributed by atoms with Crippen LogP contribution in [0.3, 0.4) is 0 Å². The molecule has 1 aliphatic rings. The van der Waals surface area contributed by atoms with Gasteiger partial charge in [0.15, 0.2) is 0 Å². The Morgan fingerprint density at radius 2 is 1.54 bits per heavy atom. The fraction of sp³-hybridized carbons (Fsp3) is 0.370. The molecule has 0 amide bonds. The number of benzene rings is 2. The van der Waals surface area contributed by atoms with Gasteiger partial charge in [-0.2, -0.15) is 33.4 Å². The molecule has 0 saturated carbocycles. The zero-order valence-corrected chi connectivity index (χ0v) is 22.2. The smallest absolute Gasteiger partial charge is 0.416 e. The highest BCUT2D eigenvalue weighted by atomic mass is 19.4. The zero-order chi connectivity index (χ0) is 30.5. The second-order valence-electron chi connectivity index (χ2n) is 9.51. The molecule has 0 bridgehead atoms. The van der Waals surface area contributed by atoms with Gasteiger partial charge in [-0.25, -0.2) is 19.2 Å². The summed E-state index contributed by atoms with van der Waals surface area (Å²) in [7, 11) is 1.31. The Bertz CT molecular complexity index is 1310. The summed E-state index contributed by atoms with van der Waals surface area (Å²) in [6.45, 7) is 5.44. The molecule has 1 fully saturated rings. The largest absolute Gasteiger partial charge is 0.661 e. The first-order valence-corrected chi connectivity index (χ1v) is 12.3. The molecule has 222 valence electrons. The normalized spacial score (nSPS) is 17.6. The third-order valence-electron chi connectivity index (χ3n) is 5.95. The summed E-state index contributed by atoms with van der Waals surface area (Å²) >= 11 is 0. The van der Waals surface area contributed by atoms with Gasteiger partial charge in [0, 0.05) is 36.9 Å². The Morgan fingerprint density at radius 3 is 2.00 bits per heavy atom. The Labute approximate surface area is 231 Å². The highest BCUT2D eigenvalue weighted by Gasteiger charge is 2.36. The number of alkyl halides is 6. The number of carbonyl (C=O) groups is 1. The zero-order valence-electron chi connectivity index (χ0n) is 22.2.